The molecule has 0 amide bonds. The Bertz CT molecular complexity index is 342. The summed E-state index contributed by atoms with van der Waals surface area (Å²) in [5.74, 6) is 0.471. The molecule has 0 aromatic heterocycles. The minimum atomic E-state index is -0.0525. The van der Waals surface area contributed by atoms with Gasteiger partial charge in [0.2, 0.25) is 0 Å². The van der Waals surface area contributed by atoms with Crippen LogP contribution in [-0.4, -0.2) is 13.1 Å². The van der Waals surface area contributed by atoms with E-state index in [9.17, 15) is 0 Å². The average molecular weight is 259 g/mol. The molecule has 1 saturated heterocycles. The lowest BCUT2D eigenvalue weighted by Gasteiger charge is -2.29. The highest BCUT2D eigenvalue weighted by Gasteiger charge is 2.24. The summed E-state index contributed by atoms with van der Waals surface area (Å²) in [5, 5.41) is 4.69. The van der Waals surface area contributed by atoms with Crippen molar-refractivity contribution in [3.63, 3.8) is 0 Å². The summed E-state index contributed by atoms with van der Waals surface area (Å²) < 4.78 is 0. The lowest BCUT2D eigenvalue weighted by atomic mass is 9.86. The fourth-order valence-electron chi connectivity index (χ4n) is 2.27. The maximum Gasteiger partial charge on any atom is 0.0468 e. The monoisotopic (exact) mass is 258 g/mol. The molecular formula is C12H16Cl2N2. The fourth-order valence-corrected chi connectivity index (χ4v) is 2.92. The Kier molecular flexibility index (Phi) is 4.09. The predicted molar refractivity (Wildman–Crippen MR) is 69.0 cm³/mol. The Morgan fingerprint density at radius 3 is 2.31 bits per heavy atom. The Balaban J connectivity index is 2.22. The summed E-state index contributed by atoms with van der Waals surface area (Å²) in [7, 11) is 0. The van der Waals surface area contributed by atoms with Crippen molar-refractivity contribution in [2.24, 2.45) is 11.7 Å². The molecule has 0 bridgehead atoms. The molecule has 1 aromatic rings. The molecule has 4 heteroatoms. The standard InChI is InChI=1S/C12H16Cl2N2/c13-9-2-1-3-10(14)11(9)12(15)8-4-6-16-7-5-8/h1-3,8,12,16H,4-7,15H2/t12-/m1/s1. The number of hydrogen-bond acceptors (Lipinski definition) is 2. The third-order valence-corrected chi connectivity index (χ3v) is 3.88. The SMILES string of the molecule is N[C@@H](c1c(Cl)cccc1Cl)C1CCNCC1. The van der Waals surface area contributed by atoms with Crippen molar-refractivity contribution >= 4 is 23.2 Å². The Morgan fingerprint density at radius 2 is 1.75 bits per heavy atom. The second kappa shape index (κ2) is 5.37. The molecule has 1 atom stereocenters. The number of rotatable bonds is 2. The molecule has 0 aliphatic carbocycles. The zero-order valence-corrected chi connectivity index (χ0v) is 10.6. The normalized spacial score (nSPS) is 19.7. The molecule has 2 rings (SSSR count). The molecule has 1 heterocycles. The number of nitrogens with two attached hydrogens (primary N) is 1. The van der Waals surface area contributed by atoms with Crippen LogP contribution >= 0.6 is 23.2 Å². The van der Waals surface area contributed by atoms with Gasteiger partial charge in [0, 0.05) is 21.7 Å². The van der Waals surface area contributed by atoms with Gasteiger partial charge < -0.3 is 11.1 Å². The number of hydrogen-bond donors (Lipinski definition) is 2. The zero-order chi connectivity index (χ0) is 11.5. The Morgan fingerprint density at radius 1 is 1.19 bits per heavy atom. The van der Waals surface area contributed by atoms with Gasteiger partial charge in [-0.15, -0.1) is 0 Å². The van der Waals surface area contributed by atoms with Crippen molar-refractivity contribution in [1.29, 1.82) is 0 Å². The quantitative estimate of drug-likeness (QED) is 0.856. The largest absolute Gasteiger partial charge is 0.324 e. The second-order valence-electron chi connectivity index (χ2n) is 4.25. The van der Waals surface area contributed by atoms with E-state index in [4.69, 9.17) is 28.9 Å². The van der Waals surface area contributed by atoms with Gasteiger partial charge in [-0.2, -0.15) is 0 Å². The van der Waals surface area contributed by atoms with Gasteiger partial charge in [0.15, 0.2) is 0 Å². The first-order valence-corrected chi connectivity index (χ1v) is 6.36. The molecule has 1 aliphatic rings. The van der Waals surface area contributed by atoms with E-state index in [0.29, 0.717) is 16.0 Å². The van der Waals surface area contributed by atoms with Gasteiger partial charge in [0.05, 0.1) is 0 Å². The van der Waals surface area contributed by atoms with E-state index in [1.165, 1.54) is 0 Å². The van der Waals surface area contributed by atoms with Gasteiger partial charge in [-0.1, -0.05) is 29.3 Å². The smallest absolute Gasteiger partial charge is 0.0468 e. The average Bonchev–Trinajstić information content (AvgIpc) is 2.30. The Hall–Kier alpha value is -0.280. The van der Waals surface area contributed by atoms with Crippen molar-refractivity contribution in [3.05, 3.63) is 33.8 Å². The molecule has 88 valence electrons. The van der Waals surface area contributed by atoms with Crippen LogP contribution in [0.2, 0.25) is 10.0 Å². The van der Waals surface area contributed by atoms with E-state index in [1.807, 2.05) is 18.2 Å². The summed E-state index contributed by atoms with van der Waals surface area (Å²) in [6, 6.07) is 5.50. The van der Waals surface area contributed by atoms with Gasteiger partial charge in [-0.25, -0.2) is 0 Å². The summed E-state index contributed by atoms with van der Waals surface area (Å²) in [6.45, 7) is 2.06. The van der Waals surface area contributed by atoms with Crippen molar-refractivity contribution in [1.82, 2.24) is 5.32 Å². The van der Waals surface area contributed by atoms with Gasteiger partial charge >= 0.3 is 0 Å². The van der Waals surface area contributed by atoms with Gasteiger partial charge in [0.1, 0.15) is 0 Å². The first-order chi connectivity index (χ1) is 7.70. The van der Waals surface area contributed by atoms with Crippen LogP contribution in [0.3, 0.4) is 0 Å². The molecule has 1 fully saturated rings. The summed E-state index contributed by atoms with van der Waals surface area (Å²) in [4.78, 5) is 0. The van der Waals surface area contributed by atoms with Crippen LogP contribution in [0.1, 0.15) is 24.4 Å². The van der Waals surface area contributed by atoms with Crippen LogP contribution in [0.25, 0.3) is 0 Å². The summed E-state index contributed by atoms with van der Waals surface area (Å²) in [6.07, 6.45) is 2.17. The van der Waals surface area contributed by atoms with Crippen LogP contribution in [-0.2, 0) is 0 Å². The molecule has 16 heavy (non-hydrogen) atoms. The third-order valence-electron chi connectivity index (χ3n) is 3.22. The maximum atomic E-state index is 6.27. The molecular weight excluding hydrogens is 243 g/mol. The maximum absolute atomic E-state index is 6.27. The minimum Gasteiger partial charge on any atom is -0.324 e. The number of nitrogens with one attached hydrogen (secondary N) is 1. The fraction of sp³-hybridized carbons (Fsp3) is 0.500. The predicted octanol–water partition coefficient (Wildman–Crippen LogP) is 2.99. The van der Waals surface area contributed by atoms with E-state index in [2.05, 4.69) is 5.32 Å². The van der Waals surface area contributed by atoms with Gasteiger partial charge in [-0.3, -0.25) is 0 Å². The first kappa shape index (κ1) is 12.2. The lowest BCUT2D eigenvalue weighted by Crippen LogP contribution is -2.34. The number of benzene rings is 1. The summed E-state index contributed by atoms with van der Waals surface area (Å²) in [5.41, 5.74) is 7.18. The van der Waals surface area contributed by atoms with E-state index in [-0.39, 0.29) is 6.04 Å². The van der Waals surface area contributed by atoms with Gasteiger partial charge in [-0.05, 0) is 44.0 Å². The second-order valence-corrected chi connectivity index (χ2v) is 5.06. The van der Waals surface area contributed by atoms with Crippen LogP contribution < -0.4 is 11.1 Å². The van der Waals surface area contributed by atoms with Crippen LogP contribution in [0.5, 0.6) is 0 Å². The number of halogens is 2. The lowest BCUT2D eigenvalue weighted by molar-refractivity contribution is 0.322. The van der Waals surface area contributed by atoms with Crippen molar-refractivity contribution in [3.8, 4) is 0 Å². The van der Waals surface area contributed by atoms with Crippen LogP contribution in [0.15, 0.2) is 18.2 Å². The minimum absolute atomic E-state index is 0.0525. The van der Waals surface area contributed by atoms with Gasteiger partial charge in [0.25, 0.3) is 0 Å². The van der Waals surface area contributed by atoms with E-state index < -0.39 is 0 Å². The highest BCUT2D eigenvalue weighted by Crippen LogP contribution is 2.35. The summed E-state index contributed by atoms with van der Waals surface area (Å²) >= 11 is 12.3. The molecule has 0 radical (unpaired) electrons. The number of piperidine rings is 1. The third kappa shape index (κ3) is 2.51. The topological polar surface area (TPSA) is 38.0 Å². The zero-order valence-electron chi connectivity index (χ0n) is 9.05. The van der Waals surface area contributed by atoms with Crippen molar-refractivity contribution in [2.45, 2.75) is 18.9 Å². The molecule has 3 N–H and O–H groups in total. The highest BCUT2D eigenvalue weighted by molar-refractivity contribution is 6.36. The van der Waals surface area contributed by atoms with Crippen LogP contribution in [0, 0.1) is 5.92 Å². The molecule has 1 aliphatic heterocycles. The molecule has 1 aromatic carbocycles. The molecule has 0 saturated carbocycles. The van der Waals surface area contributed by atoms with Crippen LogP contribution in [0.4, 0.5) is 0 Å². The van der Waals surface area contributed by atoms with E-state index >= 15 is 0 Å². The highest BCUT2D eigenvalue weighted by atomic mass is 35.5. The first-order valence-electron chi connectivity index (χ1n) is 5.60. The molecule has 2 nitrogen and oxygen atoms in total. The van der Waals surface area contributed by atoms with E-state index in [0.717, 1.165) is 31.5 Å². The molecule has 0 unspecified atom stereocenters. The van der Waals surface area contributed by atoms with Crippen molar-refractivity contribution < 1.29 is 0 Å². The Labute approximate surface area is 106 Å². The van der Waals surface area contributed by atoms with E-state index in [1.54, 1.807) is 0 Å². The van der Waals surface area contributed by atoms with Crippen molar-refractivity contribution in [2.75, 3.05) is 13.1 Å². The molecule has 0 spiro atoms.